The fourth-order valence-electron chi connectivity index (χ4n) is 1.77. The van der Waals surface area contributed by atoms with Crippen molar-refractivity contribution in [3.8, 4) is 0 Å². The summed E-state index contributed by atoms with van der Waals surface area (Å²) in [6.07, 6.45) is 1.12. The van der Waals surface area contributed by atoms with E-state index in [0.717, 1.165) is 31.2 Å². The van der Waals surface area contributed by atoms with Crippen LogP contribution in [0.25, 0.3) is 0 Å². The summed E-state index contributed by atoms with van der Waals surface area (Å²) in [6, 6.07) is -0.184. The molecule has 1 aliphatic heterocycles. The van der Waals surface area contributed by atoms with E-state index in [2.05, 4.69) is 17.2 Å². The van der Waals surface area contributed by atoms with Crippen LogP contribution in [-0.2, 0) is 4.79 Å². The summed E-state index contributed by atoms with van der Waals surface area (Å²) in [5.74, 6) is 0.151. The standard InChI is InChI=1S/C12H23N3OS/c1-5-10-8-13-12(17-10)14-9(4)11(16)15(6-2)7-3/h9-10H,5-8H2,1-4H3,(H,13,14). The first-order chi connectivity index (χ1) is 8.12. The molecular formula is C12H23N3OS. The molecule has 5 heteroatoms. The molecule has 98 valence electrons. The van der Waals surface area contributed by atoms with Crippen molar-refractivity contribution in [2.24, 2.45) is 4.99 Å². The molecule has 1 heterocycles. The van der Waals surface area contributed by atoms with E-state index in [9.17, 15) is 4.79 Å². The van der Waals surface area contributed by atoms with E-state index in [1.165, 1.54) is 0 Å². The number of nitrogens with zero attached hydrogens (tertiary/aromatic N) is 2. The second-order valence-electron chi connectivity index (χ2n) is 4.17. The van der Waals surface area contributed by atoms with Gasteiger partial charge in [0, 0.05) is 18.3 Å². The third kappa shape index (κ3) is 3.91. The Morgan fingerprint density at radius 1 is 1.53 bits per heavy atom. The summed E-state index contributed by atoms with van der Waals surface area (Å²) in [7, 11) is 0. The highest BCUT2D eigenvalue weighted by Crippen LogP contribution is 2.22. The SMILES string of the molecule is CCC1CN=C(NC(C)C(=O)N(CC)CC)S1. The molecule has 0 aromatic rings. The Balaban J connectivity index is 2.44. The topological polar surface area (TPSA) is 44.7 Å². The Bertz CT molecular complexity index is 289. The molecule has 0 aromatic heterocycles. The predicted molar refractivity (Wildman–Crippen MR) is 74.5 cm³/mol. The van der Waals surface area contributed by atoms with Gasteiger partial charge in [0.2, 0.25) is 5.91 Å². The van der Waals surface area contributed by atoms with Crippen molar-refractivity contribution in [3.05, 3.63) is 0 Å². The molecule has 1 amide bonds. The number of hydrogen-bond donors (Lipinski definition) is 1. The molecule has 0 aliphatic carbocycles. The summed E-state index contributed by atoms with van der Waals surface area (Å²) in [5, 5.41) is 4.71. The fourth-order valence-corrected chi connectivity index (χ4v) is 2.79. The van der Waals surface area contributed by atoms with Crippen LogP contribution >= 0.6 is 11.8 Å². The van der Waals surface area contributed by atoms with E-state index >= 15 is 0 Å². The first-order valence-corrected chi connectivity index (χ1v) is 7.26. The van der Waals surface area contributed by atoms with Crippen molar-refractivity contribution in [2.45, 2.75) is 45.4 Å². The van der Waals surface area contributed by atoms with Gasteiger partial charge < -0.3 is 10.2 Å². The predicted octanol–water partition coefficient (Wildman–Crippen LogP) is 1.71. The van der Waals surface area contributed by atoms with Crippen molar-refractivity contribution >= 4 is 22.8 Å². The quantitative estimate of drug-likeness (QED) is 0.815. The van der Waals surface area contributed by atoms with Crippen LogP contribution in [0.1, 0.15) is 34.1 Å². The number of amidine groups is 1. The van der Waals surface area contributed by atoms with Gasteiger partial charge in [0.15, 0.2) is 5.17 Å². The average molecular weight is 257 g/mol. The molecule has 2 atom stereocenters. The maximum Gasteiger partial charge on any atom is 0.244 e. The van der Waals surface area contributed by atoms with Crippen LogP contribution in [0.2, 0.25) is 0 Å². The van der Waals surface area contributed by atoms with Crippen molar-refractivity contribution in [3.63, 3.8) is 0 Å². The number of aliphatic imine (C=N–C) groups is 1. The zero-order valence-corrected chi connectivity index (χ0v) is 12.0. The molecule has 0 saturated heterocycles. The van der Waals surface area contributed by atoms with Crippen molar-refractivity contribution in [1.82, 2.24) is 10.2 Å². The fraction of sp³-hybridized carbons (Fsp3) is 0.833. The Morgan fingerprint density at radius 3 is 2.65 bits per heavy atom. The molecule has 17 heavy (non-hydrogen) atoms. The molecular weight excluding hydrogens is 234 g/mol. The van der Waals surface area contributed by atoms with Gasteiger partial charge in [-0.15, -0.1) is 0 Å². The van der Waals surface area contributed by atoms with E-state index < -0.39 is 0 Å². The van der Waals surface area contributed by atoms with E-state index in [4.69, 9.17) is 0 Å². The zero-order valence-electron chi connectivity index (χ0n) is 11.2. The summed E-state index contributed by atoms with van der Waals surface area (Å²) >= 11 is 1.75. The molecule has 1 N–H and O–H groups in total. The largest absolute Gasteiger partial charge is 0.353 e. The molecule has 2 unspecified atom stereocenters. The lowest BCUT2D eigenvalue weighted by Crippen LogP contribution is -2.46. The molecule has 0 bridgehead atoms. The maximum absolute atomic E-state index is 12.0. The van der Waals surface area contributed by atoms with Crippen LogP contribution in [0.15, 0.2) is 4.99 Å². The molecule has 0 radical (unpaired) electrons. The summed E-state index contributed by atoms with van der Waals surface area (Å²) in [4.78, 5) is 18.3. The zero-order chi connectivity index (χ0) is 12.8. The normalized spacial score (nSPS) is 20.9. The van der Waals surface area contributed by atoms with Crippen LogP contribution in [0, 0.1) is 0 Å². The van der Waals surface area contributed by atoms with Crippen molar-refractivity contribution in [1.29, 1.82) is 0 Å². The second-order valence-corrected chi connectivity index (χ2v) is 5.46. The summed E-state index contributed by atoms with van der Waals surface area (Å²) in [6.45, 7) is 10.5. The van der Waals surface area contributed by atoms with Crippen LogP contribution in [0.4, 0.5) is 0 Å². The van der Waals surface area contributed by atoms with Crippen molar-refractivity contribution < 1.29 is 4.79 Å². The van der Waals surface area contributed by atoms with Crippen LogP contribution in [0.5, 0.6) is 0 Å². The van der Waals surface area contributed by atoms with Gasteiger partial charge in [0.1, 0.15) is 6.04 Å². The Labute approximate surface area is 108 Å². The third-order valence-corrected chi connectivity index (χ3v) is 4.24. The maximum atomic E-state index is 12.0. The number of likely N-dealkylation sites (N-methyl/N-ethyl adjacent to an activating group) is 1. The van der Waals surface area contributed by atoms with Crippen LogP contribution in [0.3, 0.4) is 0 Å². The summed E-state index contributed by atoms with van der Waals surface area (Å²) < 4.78 is 0. The molecule has 0 aromatic carbocycles. The van der Waals surface area contributed by atoms with E-state index in [0.29, 0.717) is 5.25 Å². The minimum Gasteiger partial charge on any atom is -0.353 e. The highest BCUT2D eigenvalue weighted by Gasteiger charge is 2.23. The number of nitrogens with one attached hydrogen (secondary N) is 1. The highest BCUT2D eigenvalue weighted by molar-refractivity contribution is 8.14. The first kappa shape index (κ1) is 14.4. The number of hydrogen-bond acceptors (Lipinski definition) is 4. The third-order valence-electron chi connectivity index (χ3n) is 2.96. The monoisotopic (exact) mass is 257 g/mol. The van der Waals surface area contributed by atoms with Gasteiger partial charge in [0.25, 0.3) is 0 Å². The Hall–Kier alpha value is -0.710. The smallest absolute Gasteiger partial charge is 0.244 e. The van der Waals surface area contributed by atoms with Gasteiger partial charge in [-0.1, -0.05) is 18.7 Å². The molecule has 4 nitrogen and oxygen atoms in total. The molecule has 0 spiro atoms. The number of rotatable bonds is 5. The van der Waals surface area contributed by atoms with E-state index in [-0.39, 0.29) is 11.9 Å². The number of carbonyl (C=O) groups is 1. The van der Waals surface area contributed by atoms with E-state index in [1.807, 2.05) is 25.7 Å². The van der Waals surface area contributed by atoms with Gasteiger partial charge in [-0.25, -0.2) is 0 Å². The molecule has 0 saturated carbocycles. The van der Waals surface area contributed by atoms with Gasteiger partial charge in [-0.3, -0.25) is 9.79 Å². The lowest BCUT2D eigenvalue weighted by molar-refractivity contribution is -0.132. The minimum atomic E-state index is -0.184. The van der Waals surface area contributed by atoms with Gasteiger partial charge in [0.05, 0.1) is 6.54 Å². The van der Waals surface area contributed by atoms with Gasteiger partial charge in [-0.2, -0.15) is 0 Å². The lowest BCUT2D eigenvalue weighted by atomic mass is 10.3. The van der Waals surface area contributed by atoms with E-state index in [1.54, 1.807) is 11.8 Å². The number of carbonyl (C=O) groups excluding carboxylic acids is 1. The lowest BCUT2D eigenvalue weighted by Gasteiger charge is -2.23. The van der Waals surface area contributed by atoms with Gasteiger partial charge in [-0.05, 0) is 27.2 Å². The van der Waals surface area contributed by atoms with Gasteiger partial charge >= 0.3 is 0 Å². The average Bonchev–Trinajstić information content (AvgIpc) is 2.78. The Morgan fingerprint density at radius 2 is 2.18 bits per heavy atom. The minimum absolute atomic E-state index is 0.151. The number of amides is 1. The molecule has 1 rings (SSSR count). The number of thioether (sulfide) groups is 1. The molecule has 0 fully saturated rings. The highest BCUT2D eigenvalue weighted by atomic mass is 32.2. The van der Waals surface area contributed by atoms with Crippen LogP contribution < -0.4 is 5.32 Å². The molecule has 1 aliphatic rings. The Kier molecular flexibility index (Phi) is 5.82. The first-order valence-electron chi connectivity index (χ1n) is 6.38. The van der Waals surface area contributed by atoms with Crippen LogP contribution in [-0.4, -0.2) is 46.9 Å². The summed E-state index contributed by atoms with van der Waals surface area (Å²) in [5.41, 5.74) is 0. The second kappa shape index (κ2) is 6.89. The van der Waals surface area contributed by atoms with Crippen molar-refractivity contribution in [2.75, 3.05) is 19.6 Å².